The van der Waals surface area contributed by atoms with E-state index in [0.717, 1.165) is 11.8 Å². The summed E-state index contributed by atoms with van der Waals surface area (Å²) in [5.41, 5.74) is 0.860. The first kappa shape index (κ1) is 22.3. The van der Waals surface area contributed by atoms with Crippen LogP contribution in [0.2, 0.25) is 0 Å². The average molecular weight is 474 g/mol. The first-order valence-electron chi connectivity index (χ1n) is 10.1. The van der Waals surface area contributed by atoms with Crippen molar-refractivity contribution in [3.63, 3.8) is 0 Å². The normalized spacial score (nSPS) is 18.4. The fourth-order valence-electron chi connectivity index (χ4n) is 3.61. The zero-order valence-corrected chi connectivity index (χ0v) is 19.3. The van der Waals surface area contributed by atoms with Gasteiger partial charge in [0.25, 0.3) is 5.56 Å². The highest BCUT2D eigenvalue weighted by molar-refractivity contribution is 8.00. The van der Waals surface area contributed by atoms with Crippen LogP contribution in [0.25, 0.3) is 16.6 Å². The number of amides is 1. The van der Waals surface area contributed by atoms with Crippen molar-refractivity contribution < 1.29 is 17.9 Å². The van der Waals surface area contributed by atoms with Crippen LogP contribution >= 0.6 is 11.8 Å². The molecule has 2 heterocycles. The van der Waals surface area contributed by atoms with Crippen molar-refractivity contribution in [1.29, 1.82) is 0 Å². The Bertz CT molecular complexity index is 1340. The average Bonchev–Trinajstić information content (AvgIpc) is 3.12. The number of carbonyl (C=O) groups excluding carboxylic acids is 1. The molecule has 3 aromatic rings. The second-order valence-electron chi connectivity index (χ2n) is 7.62. The topological polar surface area (TPSA) is 107 Å². The van der Waals surface area contributed by atoms with E-state index in [9.17, 15) is 18.0 Å². The molecule has 1 aliphatic heterocycles. The van der Waals surface area contributed by atoms with E-state index in [-0.39, 0.29) is 29.0 Å². The number of rotatable bonds is 6. The van der Waals surface area contributed by atoms with E-state index >= 15 is 0 Å². The van der Waals surface area contributed by atoms with Gasteiger partial charge in [-0.2, -0.15) is 0 Å². The summed E-state index contributed by atoms with van der Waals surface area (Å²) in [4.78, 5) is 30.8. The molecule has 10 heteroatoms. The Hall–Kier alpha value is -2.85. The second-order valence-corrected chi connectivity index (χ2v) is 11.2. The Labute approximate surface area is 189 Å². The standard InChI is InChI=1S/C22H23N3O5S2/c1-14(20(26)23-15-10-11-32(28,29)13-15)31-22-24-19-9-4-3-8-18(19)21(27)25(22)16-6-5-7-17(12-16)30-2/h3-9,12,14-15H,10-11,13H2,1-2H3,(H,23,26)/t14-,15-/m1/s1. The highest BCUT2D eigenvalue weighted by atomic mass is 32.2. The molecule has 0 radical (unpaired) electrons. The fraction of sp³-hybridized carbons (Fsp3) is 0.318. The number of methoxy groups -OCH3 is 1. The minimum absolute atomic E-state index is 0.0428. The predicted molar refractivity (Wildman–Crippen MR) is 124 cm³/mol. The lowest BCUT2D eigenvalue weighted by molar-refractivity contribution is -0.120. The zero-order valence-electron chi connectivity index (χ0n) is 17.6. The molecule has 0 spiro atoms. The van der Waals surface area contributed by atoms with E-state index in [1.807, 2.05) is 0 Å². The molecule has 2 aromatic carbocycles. The highest BCUT2D eigenvalue weighted by Gasteiger charge is 2.30. The molecule has 168 valence electrons. The summed E-state index contributed by atoms with van der Waals surface area (Å²) in [5.74, 6) is 0.336. The number of carbonyl (C=O) groups is 1. The third-order valence-corrected chi connectivity index (χ3v) is 8.11. The van der Waals surface area contributed by atoms with Crippen molar-refractivity contribution in [2.75, 3.05) is 18.6 Å². The molecule has 8 nitrogen and oxygen atoms in total. The summed E-state index contributed by atoms with van der Waals surface area (Å²) in [6.07, 6.45) is 0.411. The largest absolute Gasteiger partial charge is 0.497 e. The van der Waals surface area contributed by atoms with Gasteiger partial charge < -0.3 is 10.1 Å². The Morgan fingerprint density at radius 1 is 1.25 bits per heavy atom. The van der Waals surface area contributed by atoms with E-state index < -0.39 is 15.1 Å². The summed E-state index contributed by atoms with van der Waals surface area (Å²) in [6.45, 7) is 1.71. The number of para-hydroxylation sites is 1. The molecule has 1 fully saturated rings. The maximum absolute atomic E-state index is 13.4. The van der Waals surface area contributed by atoms with Crippen LogP contribution in [0.3, 0.4) is 0 Å². The number of fused-ring (bicyclic) bond motifs is 1. The third-order valence-electron chi connectivity index (χ3n) is 5.29. The smallest absolute Gasteiger partial charge is 0.266 e. The van der Waals surface area contributed by atoms with Crippen LogP contribution in [0.5, 0.6) is 5.75 Å². The summed E-state index contributed by atoms with van der Waals surface area (Å²) in [6, 6.07) is 13.7. The molecule has 4 rings (SSSR count). The molecule has 0 unspecified atom stereocenters. The van der Waals surface area contributed by atoms with Crippen LogP contribution < -0.4 is 15.6 Å². The van der Waals surface area contributed by atoms with E-state index in [1.165, 1.54) is 4.57 Å². The number of nitrogens with one attached hydrogen (secondary N) is 1. The van der Waals surface area contributed by atoms with Crippen molar-refractivity contribution in [2.24, 2.45) is 0 Å². The van der Waals surface area contributed by atoms with E-state index in [0.29, 0.717) is 33.9 Å². The van der Waals surface area contributed by atoms with Gasteiger partial charge in [0.1, 0.15) is 5.75 Å². The lowest BCUT2D eigenvalue weighted by Crippen LogP contribution is -2.40. The minimum Gasteiger partial charge on any atom is -0.497 e. The maximum Gasteiger partial charge on any atom is 0.266 e. The fourth-order valence-corrected chi connectivity index (χ4v) is 6.22. The van der Waals surface area contributed by atoms with Crippen molar-refractivity contribution in [2.45, 2.75) is 29.8 Å². The molecular formula is C22H23N3O5S2. The van der Waals surface area contributed by atoms with Crippen molar-refractivity contribution in [3.8, 4) is 11.4 Å². The first-order chi connectivity index (χ1) is 15.3. The number of sulfone groups is 1. The molecular weight excluding hydrogens is 450 g/mol. The van der Waals surface area contributed by atoms with E-state index in [4.69, 9.17) is 4.74 Å². The second kappa shape index (κ2) is 8.95. The van der Waals surface area contributed by atoms with Crippen molar-refractivity contribution in [3.05, 3.63) is 58.9 Å². The van der Waals surface area contributed by atoms with Crippen molar-refractivity contribution in [1.82, 2.24) is 14.9 Å². The molecule has 1 saturated heterocycles. The van der Waals surface area contributed by atoms with Crippen LogP contribution in [0.1, 0.15) is 13.3 Å². The molecule has 1 N–H and O–H groups in total. The summed E-state index contributed by atoms with van der Waals surface area (Å²) >= 11 is 1.15. The zero-order chi connectivity index (χ0) is 22.9. The molecule has 0 saturated carbocycles. The van der Waals surface area contributed by atoms with Gasteiger partial charge in [0.05, 0.1) is 40.5 Å². The van der Waals surface area contributed by atoms with Gasteiger partial charge in [0.15, 0.2) is 15.0 Å². The van der Waals surface area contributed by atoms with Crippen LogP contribution in [0.4, 0.5) is 0 Å². The van der Waals surface area contributed by atoms with E-state index in [1.54, 1.807) is 62.6 Å². The molecule has 0 aliphatic carbocycles. The van der Waals surface area contributed by atoms with Gasteiger partial charge in [-0.05, 0) is 37.6 Å². The quantitative estimate of drug-likeness (QED) is 0.432. The van der Waals surface area contributed by atoms with Crippen LogP contribution in [-0.4, -0.2) is 53.8 Å². The summed E-state index contributed by atoms with van der Waals surface area (Å²) in [5, 5.41) is 3.05. The van der Waals surface area contributed by atoms with Gasteiger partial charge >= 0.3 is 0 Å². The van der Waals surface area contributed by atoms with Crippen LogP contribution in [0, 0.1) is 0 Å². The summed E-state index contributed by atoms with van der Waals surface area (Å²) in [7, 11) is -1.55. The number of aromatic nitrogens is 2. The molecule has 0 bridgehead atoms. The predicted octanol–water partition coefficient (Wildman–Crippen LogP) is 2.18. The summed E-state index contributed by atoms with van der Waals surface area (Å²) < 4.78 is 30.1. The van der Waals surface area contributed by atoms with Crippen LogP contribution in [0.15, 0.2) is 58.5 Å². The van der Waals surface area contributed by atoms with Gasteiger partial charge in [-0.3, -0.25) is 14.2 Å². The van der Waals surface area contributed by atoms with Gasteiger partial charge in [-0.1, -0.05) is 30.0 Å². The SMILES string of the molecule is COc1cccc(-n2c(S[C@H](C)C(=O)N[C@@H]3CCS(=O)(=O)C3)nc3ccccc3c2=O)c1. The van der Waals surface area contributed by atoms with Crippen LogP contribution in [-0.2, 0) is 14.6 Å². The number of thioether (sulfide) groups is 1. The number of hydrogen-bond acceptors (Lipinski definition) is 7. The molecule has 1 amide bonds. The highest BCUT2D eigenvalue weighted by Crippen LogP contribution is 2.27. The Balaban J connectivity index is 1.69. The lowest BCUT2D eigenvalue weighted by atomic mass is 10.2. The maximum atomic E-state index is 13.4. The number of benzene rings is 2. The van der Waals surface area contributed by atoms with E-state index in [2.05, 4.69) is 10.3 Å². The number of nitrogens with zero attached hydrogens (tertiary/aromatic N) is 2. The minimum atomic E-state index is -3.10. The van der Waals surface area contributed by atoms with Gasteiger partial charge in [-0.15, -0.1) is 0 Å². The van der Waals surface area contributed by atoms with Crippen molar-refractivity contribution >= 4 is 38.4 Å². The van der Waals surface area contributed by atoms with Gasteiger partial charge in [-0.25, -0.2) is 13.4 Å². The number of ether oxygens (including phenoxy) is 1. The van der Waals surface area contributed by atoms with Gasteiger partial charge in [0.2, 0.25) is 5.91 Å². The molecule has 32 heavy (non-hydrogen) atoms. The molecule has 1 aliphatic rings. The Morgan fingerprint density at radius 2 is 2.03 bits per heavy atom. The number of hydrogen-bond donors (Lipinski definition) is 1. The first-order valence-corrected chi connectivity index (χ1v) is 12.8. The molecule has 1 aromatic heterocycles. The van der Waals surface area contributed by atoms with Gasteiger partial charge in [0, 0.05) is 12.1 Å². The Morgan fingerprint density at radius 3 is 2.75 bits per heavy atom. The lowest BCUT2D eigenvalue weighted by Gasteiger charge is -2.18. The third kappa shape index (κ3) is 4.66. The Kier molecular flexibility index (Phi) is 6.25. The monoisotopic (exact) mass is 473 g/mol. The molecule has 2 atom stereocenters.